The molecule has 0 spiro atoms. The van der Waals surface area contributed by atoms with Gasteiger partial charge in [0.1, 0.15) is 18.2 Å². The van der Waals surface area contributed by atoms with Gasteiger partial charge in [-0.2, -0.15) is 0 Å². The fraction of sp³-hybridized carbons (Fsp3) is 0.259. The number of amides is 1. The van der Waals surface area contributed by atoms with Gasteiger partial charge in [-0.15, -0.1) is 0 Å². The number of rotatable bonds is 9. The lowest BCUT2D eigenvalue weighted by molar-refractivity contribution is 0.0953. The zero-order valence-corrected chi connectivity index (χ0v) is 20.6. The Hall–Kier alpha value is -3.12. The number of aryl methyl sites for hydroxylation is 3. The molecule has 3 aromatic carbocycles. The Morgan fingerprint density at radius 1 is 1.03 bits per heavy atom. The Balaban J connectivity index is 1.38. The zero-order chi connectivity index (χ0) is 23.2. The highest BCUT2D eigenvalue weighted by molar-refractivity contribution is 9.10. The lowest BCUT2D eigenvalue weighted by Gasteiger charge is -2.12. The molecule has 0 radical (unpaired) electrons. The molecule has 5 nitrogen and oxygen atoms in total. The van der Waals surface area contributed by atoms with Crippen molar-refractivity contribution in [3.05, 3.63) is 93.7 Å². The molecule has 0 saturated heterocycles. The quantitative estimate of drug-likeness (QED) is 0.290. The number of hydrogen-bond donors (Lipinski definition) is 1. The van der Waals surface area contributed by atoms with Gasteiger partial charge < -0.3 is 14.6 Å². The molecule has 1 aromatic heterocycles. The molecule has 0 unspecified atom stereocenters. The maximum absolute atomic E-state index is 12.4. The number of ether oxygens (including phenoxy) is 1. The molecule has 1 amide bonds. The molecule has 170 valence electrons. The summed E-state index contributed by atoms with van der Waals surface area (Å²) in [6.45, 7) is 6.03. The van der Waals surface area contributed by atoms with Crippen LogP contribution < -0.4 is 10.1 Å². The van der Waals surface area contributed by atoms with E-state index in [4.69, 9.17) is 9.72 Å². The summed E-state index contributed by atoms with van der Waals surface area (Å²) in [4.78, 5) is 17.2. The third kappa shape index (κ3) is 6.02. The first-order chi connectivity index (χ1) is 16.0. The number of benzene rings is 3. The van der Waals surface area contributed by atoms with Crippen LogP contribution in [0.4, 0.5) is 0 Å². The van der Waals surface area contributed by atoms with Crippen molar-refractivity contribution in [1.82, 2.24) is 14.9 Å². The number of nitrogens with zero attached hydrogens (tertiary/aromatic N) is 2. The molecule has 0 aliphatic heterocycles. The summed E-state index contributed by atoms with van der Waals surface area (Å²) in [5.41, 5.74) is 5.14. The van der Waals surface area contributed by atoms with Crippen LogP contribution in [0.15, 0.2) is 71.2 Å². The van der Waals surface area contributed by atoms with Crippen molar-refractivity contribution in [2.24, 2.45) is 0 Å². The Morgan fingerprint density at radius 2 is 1.82 bits per heavy atom. The summed E-state index contributed by atoms with van der Waals surface area (Å²) < 4.78 is 9.18. The molecule has 1 heterocycles. The standard InChI is InChI=1S/C27H28BrN3O2/c1-19-15-20(2)17-23(16-19)33-14-13-31-25-10-4-3-9-24(25)30-26(31)11-6-12-29-27(32)21-7-5-8-22(28)18-21/h3-5,7-10,15-18H,6,11-14H2,1-2H3,(H,29,32). The average Bonchev–Trinajstić information content (AvgIpc) is 3.13. The van der Waals surface area contributed by atoms with E-state index in [1.807, 2.05) is 42.5 Å². The van der Waals surface area contributed by atoms with Crippen LogP contribution >= 0.6 is 15.9 Å². The number of carbonyl (C=O) groups excluding carboxylic acids is 1. The third-order valence-electron chi connectivity index (χ3n) is 5.46. The topological polar surface area (TPSA) is 56.1 Å². The van der Waals surface area contributed by atoms with E-state index in [1.165, 1.54) is 11.1 Å². The summed E-state index contributed by atoms with van der Waals surface area (Å²) in [6, 6.07) is 21.9. The van der Waals surface area contributed by atoms with Crippen LogP contribution in [0, 0.1) is 13.8 Å². The van der Waals surface area contributed by atoms with Crippen molar-refractivity contribution in [1.29, 1.82) is 0 Å². The molecular weight excluding hydrogens is 478 g/mol. The van der Waals surface area contributed by atoms with E-state index >= 15 is 0 Å². The fourth-order valence-electron chi connectivity index (χ4n) is 4.02. The maximum atomic E-state index is 12.4. The molecule has 6 heteroatoms. The number of hydrogen-bond acceptors (Lipinski definition) is 3. The summed E-state index contributed by atoms with van der Waals surface area (Å²) in [6.07, 6.45) is 1.58. The molecule has 0 saturated carbocycles. The SMILES string of the molecule is Cc1cc(C)cc(OCCn2c(CCCNC(=O)c3cccc(Br)c3)nc3ccccc32)c1. The van der Waals surface area contributed by atoms with Gasteiger partial charge >= 0.3 is 0 Å². The van der Waals surface area contributed by atoms with E-state index in [0.29, 0.717) is 25.3 Å². The number of nitrogens with one attached hydrogen (secondary N) is 1. The largest absolute Gasteiger partial charge is 0.492 e. The number of aromatic nitrogens is 2. The Labute approximate surface area is 202 Å². The van der Waals surface area contributed by atoms with Crippen LogP contribution in [0.3, 0.4) is 0 Å². The normalized spacial score (nSPS) is 11.0. The average molecular weight is 506 g/mol. The van der Waals surface area contributed by atoms with Crippen molar-refractivity contribution in [3.8, 4) is 5.75 Å². The Morgan fingerprint density at radius 3 is 2.61 bits per heavy atom. The molecule has 0 bridgehead atoms. The molecule has 4 aromatic rings. The first kappa shape index (κ1) is 23.1. The van der Waals surface area contributed by atoms with Crippen LogP contribution in [-0.2, 0) is 13.0 Å². The summed E-state index contributed by atoms with van der Waals surface area (Å²) in [7, 11) is 0. The van der Waals surface area contributed by atoms with E-state index < -0.39 is 0 Å². The Kier molecular flexibility index (Phi) is 7.45. The molecular formula is C27H28BrN3O2. The van der Waals surface area contributed by atoms with E-state index in [2.05, 4.69) is 63.9 Å². The molecule has 33 heavy (non-hydrogen) atoms. The number of carbonyl (C=O) groups is 1. The van der Waals surface area contributed by atoms with Crippen molar-refractivity contribution >= 4 is 32.9 Å². The molecule has 1 N–H and O–H groups in total. The molecule has 0 fully saturated rings. The first-order valence-corrected chi connectivity index (χ1v) is 12.0. The minimum absolute atomic E-state index is 0.0633. The summed E-state index contributed by atoms with van der Waals surface area (Å²) in [5.74, 6) is 1.84. The van der Waals surface area contributed by atoms with Gasteiger partial charge in [0, 0.05) is 23.0 Å². The molecule has 0 aliphatic carbocycles. The van der Waals surface area contributed by atoms with Gasteiger partial charge in [0.15, 0.2) is 0 Å². The van der Waals surface area contributed by atoms with Crippen LogP contribution in [-0.4, -0.2) is 28.6 Å². The number of para-hydroxylation sites is 2. The van der Waals surface area contributed by atoms with Gasteiger partial charge in [0.2, 0.25) is 0 Å². The Bertz CT molecular complexity index is 1250. The number of imidazole rings is 1. The highest BCUT2D eigenvalue weighted by Gasteiger charge is 2.11. The summed E-state index contributed by atoms with van der Waals surface area (Å²) >= 11 is 3.41. The monoisotopic (exact) mass is 505 g/mol. The molecule has 4 rings (SSSR count). The first-order valence-electron chi connectivity index (χ1n) is 11.2. The van der Waals surface area contributed by atoms with Gasteiger partial charge in [-0.25, -0.2) is 4.98 Å². The van der Waals surface area contributed by atoms with Crippen LogP contribution in [0.1, 0.15) is 33.7 Å². The number of fused-ring (bicyclic) bond motifs is 1. The van der Waals surface area contributed by atoms with Crippen LogP contribution in [0.25, 0.3) is 11.0 Å². The highest BCUT2D eigenvalue weighted by atomic mass is 79.9. The van der Waals surface area contributed by atoms with E-state index in [0.717, 1.165) is 39.9 Å². The number of halogens is 1. The second kappa shape index (κ2) is 10.7. The maximum Gasteiger partial charge on any atom is 0.251 e. The fourth-order valence-corrected chi connectivity index (χ4v) is 4.42. The van der Waals surface area contributed by atoms with Crippen molar-refractivity contribution in [3.63, 3.8) is 0 Å². The lowest BCUT2D eigenvalue weighted by Crippen LogP contribution is -2.25. The van der Waals surface area contributed by atoms with Crippen molar-refractivity contribution in [2.45, 2.75) is 33.2 Å². The van der Waals surface area contributed by atoms with Crippen molar-refractivity contribution in [2.75, 3.05) is 13.2 Å². The van der Waals surface area contributed by atoms with Gasteiger partial charge in [0.05, 0.1) is 17.6 Å². The van der Waals surface area contributed by atoms with Gasteiger partial charge in [0.25, 0.3) is 5.91 Å². The lowest BCUT2D eigenvalue weighted by atomic mass is 10.1. The third-order valence-corrected chi connectivity index (χ3v) is 5.96. The predicted molar refractivity (Wildman–Crippen MR) is 136 cm³/mol. The molecule has 0 atom stereocenters. The van der Waals surface area contributed by atoms with Crippen molar-refractivity contribution < 1.29 is 9.53 Å². The van der Waals surface area contributed by atoms with E-state index in [9.17, 15) is 4.79 Å². The molecule has 0 aliphatic rings. The van der Waals surface area contributed by atoms with E-state index in [1.54, 1.807) is 0 Å². The van der Waals surface area contributed by atoms with Crippen LogP contribution in [0.5, 0.6) is 5.75 Å². The minimum Gasteiger partial charge on any atom is -0.492 e. The van der Waals surface area contributed by atoms with Gasteiger partial charge in [-0.3, -0.25) is 4.79 Å². The second-order valence-corrected chi connectivity index (χ2v) is 9.13. The second-order valence-electron chi connectivity index (χ2n) is 8.21. The highest BCUT2D eigenvalue weighted by Crippen LogP contribution is 2.19. The van der Waals surface area contributed by atoms with Gasteiger partial charge in [-0.05, 0) is 73.9 Å². The minimum atomic E-state index is -0.0633. The zero-order valence-electron chi connectivity index (χ0n) is 19.0. The smallest absolute Gasteiger partial charge is 0.251 e. The van der Waals surface area contributed by atoms with Crippen LogP contribution in [0.2, 0.25) is 0 Å². The van der Waals surface area contributed by atoms with E-state index in [-0.39, 0.29) is 5.91 Å². The van der Waals surface area contributed by atoms with Gasteiger partial charge in [-0.1, -0.05) is 40.2 Å². The summed E-state index contributed by atoms with van der Waals surface area (Å²) in [5, 5.41) is 3.00. The predicted octanol–water partition coefficient (Wildman–Crippen LogP) is 5.86.